The number of nitrogens with one attached hydrogen (secondary N) is 2. The topological polar surface area (TPSA) is 196 Å². The molecule has 0 radical (unpaired) electrons. The Morgan fingerprint density at radius 3 is 1.83 bits per heavy atom. The first-order valence-electron chi connectivity index (χ1n) is 12.0. The lowest BCUT2D eigenvalue weighted by Crippen LogP contribution is -2.45. The Morgan fingerprint density at radius 1 is 0.848 bits per heavy atom. The summed E-state index contributed by atoms with van der Waals surface area (Å²) < 4.78 is 102. The minimum Gasteiger partial charge on any atom is -0.475 e. The number of alkyl halides is 9. The van der Waals surface area contributed by atoms with Crippen molar-refractivity contribution in [3.8, 4) is 11.1 Å². The molecule has 3 aromatic rings. The van der Waals surface area contributed by atoms with E-state index in [9.17, 15) is 39.5 Å². The zero-order valence-corrected chi connectivity index (χ0v) is 23.5. The molecule has 0 saturated carbocycles. The van der Waals surface area contributed by atoms with Gasteiger partial charge in [0.1, 0.15) is 11.5 Å². The zero-order valence-electron chi connectivity index (χ0n) is 23.5. The molecule has 0 unspecified atom stereocenters. The number of aromatic nitrogens is 3. The number of halogens is 9. The number of nitrogens with zero attached hydrogens (tertiary/aromatic N) is 4. The van der Waals surface area contributed by atoms with Gasteiger partial charge in [0.2, 0.25) is 5.95 Å². The summed E-state index contributed by atoms with van der Waals surface area (Å²) in [6.45, 7) is 5.35. The van der Waals surface area contributed by atoms with Crippen molar-refractivity contribution < 1.29 is 64.5 Å². The Balaban J connectivity index is 0.000000629. The van der Waals surface area contributed by atoms with Gasteiger partial charge in [0.05, 0.1) is 5.54 Å². The second-order valence-corrected chi connectivity index (χ2v) is 9.25. The molecule has 0 aliphatic carbocycles. The van der Waals surface area contributed by atoms with Crippen LogP contribution in [0.25, 0.3) is 11.1 Å². The number of carboxylic acids is 2. The summed E-state index contributed by atoms with van der Waals surface area (Å²) in [6.07, 6.45) is -12.0. The van der Waals surface area contributed by atoms with Gasteiger partial charge in [-0.1, -0.05) is 11.2 Å². The van der Waals surface area contributed by atoms with E-state index in [-0.39, 0.29) is 11.8 Å². The second-order valence-electron chi connectivity index (χ2n) is 9.25. The molecule has 0 aliphatic rings. The maximum atomic E-state index is 12.9. The van der Waals surface area contributed by atoms with Crippen molar-refractivity contribution >= 4 is 35.2 Å². The molecule has 0 fully saturated rings. The van der Waals surface area contributed by atoms with Crippen LogP contribution in [0.4, 0.5) is 57.0 Å². The maximum Gasteiger partial charge on any atom is 0.490 e. The van der Waals surface area contributed by atoms with Crippen LogP contribution >= 0.6 is 0 Å². The highest BCUT2D eigenvalue weighted by atomic mass is 19.4. The molecule has 0 aliphatic heterocycles. The van der Waals surface area contributed by atoms with Gasteiger partial charge >= 0.3 is 30.5 Å². The number of carbonyl (C=O) groups is 2. The van der Waals surface area contributed by atoms with Crippen LogP contribution in [0.3, 0.4) is 0 Å². The minimum absolute atomic E-state index is 0.00888. The van der Waals surface area contributed by atoms with E-state index < -0.39 is 41.7 Å². The number of rotatable bonds is 6. The Kier molecular flexibility index (Phi) is 12.7. The van der Waals surface area contributed by atoms with Gasteiger partial charge in [0.15, 0.2) is 5.84 Å². The highest BCUT2D eigenvalue weighted by Crippen LogP contribution is 2.30. The number of hydrogen-bond acceptors (Lipinski definition) is 9. The lowest BCUT2D eigenvalue weighted by molar-refractivity contribution is -0.193. The van der Waals surface area contributed by atoms with E-state index in [1.54, 1.807) is 38.2 Å². The van der Waals surface area contributed by atoms with Gasteiger partial charge in [0.25, 0.3) is 0 Å². The molecule has 12 nitrogen and oxygen atoms in total. The summed E-state index contributed by atoms with van der Waals surface area (Å²) in [5, 5.41) is 32.1. The Hall–Kier alpha value is -5.37. The molecule has 2 heterocycles. The van der Waals surface area contributed by atoms with Gasteiger partial charge in [-0.25, -0.2) is 24.5 Å². The fourth-order valence-corrected chi connectivity index (χ4v) is 2.88. The van der Waals surface area contributed by atoms with E-state index in [2.05, 4.69) is 30.7 Å². The van der Waals surface area contributed by atoms with E-state index in [0.29, 0.717) is 11.5 Å². The molecule has 3 rings (SSSR count). The van der Waals surface area contributed by atoms with E-state index in [1.807, 2.05) is 19.1 Å². The van der Waals surface area contributed by atoms with Crippen LogP contribution in [0.2, 0.25) is 0 Å². The van der Waals surface area contributed by atoms with Crippen LogP contribution in [0.5, 0.6) is 0 Å². The van der Waals surface area contributed by atoms with E-state index in [0.717, 1.165) is 29.0 Å². The SMILES string of the molecule is Cc1cc(Nc2nccc(C(F)(F)F)n2)cc(-c2ccc(NC(C)(C)/C(N)=N\O)nc2)c1.O=C(O)C(F)(F)F.O=C(O)C(F)(F)F. The van der Waals surface area contributed by atoms with Crippen LogP contribution in [-0.4, -0.2) is 66.0 Å². The van der Waals surface area contributed by atoms with Crippen molar-refractivity contribution in [3.05, 3.63) is 60.0 Å². The molecule has 0 spiro atoms. The normalized spacial score (nSPS) is 12.1. The van der Waals surface area contributed by atoms with Gasteiger partial charge in [-0.05, 0) is 62.2 Å². The predicted octanol–water partition coefficient (Wildman–Crippen LogP) is 5.81. The van der Waals surface area contributed by atoms with Gasteiger partial charge in [-0.2, -0.15) is 39.5 Å². The summed E-state index contributed by atoms with van der Waals surface area (Å²) in [6, 6.07) is 9.85. The monoisotopic (exact) mass is 673 g/mol. The number of aliphatic carboxylic acids is 2. The average Bonchev–Trinajstić information content (AvgIpc) is 2.91. The van der Waals surface area contributed by atoms with Crippen molar-refractivity contribution in [2.24, 2.45) is 10.9 Å². The first-order chi connectivity index (χ1) is 20.9. The number of amidine groups is 1. The van der Waals surface area contributed by atoms with Gasteiger partial charge in [0, 0.05) is 23.6 Å². The maximum absolute atomic E-state index is 12.9. The fraction of sp³-hybridized carbons (Fsp3) is 0.280. The summed E-state index contributed by atoms with van der Waals surface area (Å²) >= 11 is 0. The Labute approximate surface area is 252 Å². The third kappa shape index (κ3) is 12.7. The number of oxime groups is 1. The molecule has 1 aromatic carbocycles. The van der Waals surface area contributed by atoms with Crippen molar-refractivity contribution in [3.63, 3.8) is 0 Å². The van der Waals surface area contributed by atoms with Crippen LogP contribution in [0.1, 0.15) is 25.1 Å². The van der Waals surface area contributed by atoms with Crippen LogP contribution < -0.4 is 16.4 Å². The summed E-state index contributed by atoms with van der Waals surface area (Å²) in [7, 11) is 0. The fourth-order valence-electron chi connectivity index (χ4n) is 2.88. The summed E-state index contributed by atoms with van der Waals surface area (Å²) in [5.41, 5.74) is 6.85. The van der Waals surface area contributed by atoms with Gasteiger partial charge < -0.3 is 31.8 Å². The smallest absolute Gasteiger partial charge is 0.475 e. The van der Waals surface area contributed by atoms with Crippen LogP contribution in [0.15, 0.2) is 53.9 Å². The number of carboxylic acid groups (broad SMARTS) is 2. The van der Waals surface area contributed by atoms with E-state index >= 15 is 0 Å². The molecule has 0 bridgehead atoms. The van der Waals surface area contributed by atoms with E-state index in [4.69, 9.17) is 30.7 Å². The molecule has 21 heteroatoms. The van der Waals surface area contributed by atoms with Gasteiger partial charge in [-0.15, -0.1) is 0 Å². The minimum atomic E-state index is -5.08. The highest BCUT2D eigenvalue weighted by Gasteiger charge is 2.39. The summed E-state index contributed by atoms with van der Waals surface area (Å²) in [4.78, 5) is 29.6. The quantitative estimate of drug-likeness (QED) is 0.0607. The number of pyridine rings is 1. The first kappa shape index (κ1) is 38.7. The molecule has 0 saturated heterocycles. The van der Waals surface area contributed by atoms with E-state index in [1.165, 1.54) is 0 Å². The number of hydrogen-bond donors (Lipinski definition) is 6. The first-order valence-corrected chi connectivity index (χ1v) is 12.0. The molecule has 0 atom stereocenters. The van der Waals surface area contributed by atoms with Crippen molar-refractivity contribution in [2.75, 3.05) is 10.6 Å². The average molecular weight is 673 g/mol. The lowest BCUT2D eigenvalue weighted by Gasteiger charge is -2.25. The largest absolute Gasteiger partial charge is 0.490 e. The molecule has 7 N–H and O–H groups in total. The van der Waals surface area contributed by atoms with Crippen molar-refractivity contribution in [1.29, 1.82) is 0 Å². The highest BCUT2D eigenvalue weighted by molar-refractivity contribution is 5.91. The summed E-state index contributed by atoms with van der Waals surface area (Å²) in [5.74, 6) is -5.14. The standard InChI is InChI=1S/C21H22F3N7O.2C2HF3O2/c1-12-8-14(13-4-5-17(27-11-13)30-20(2,3)18(25)31-32)10-15(9-12)28-19-26-7-6-16(29-19)21(22,23)24;2*3-2(4,5)1(6)7/h4-11,32H,1-3H3,(H2,25,31)(H,27,30)(H,26,28,29);2*(H,6,7). The molecule has 0 amide bonds. The Bertz CT molecular complexity index is 1500. The number of nitrogens with two attached hydrogens (primary N) is 1. The molecule has 252 valence electrons. The molecular formula is C25H24F9N7O5. The van der Waals surface area contributed by atoms with Crippen LogP contribution in [0, 0.1) is 6.92 Å². The van der Waals surface area contributed by atoms with Gasteiger partial charge in [-0.3, -0.25) is 0 Å². The molecule has 46 heavy (non-hydrogen) atoms. The Morgan fingerprint density at radius 2 is 1.39 bits per heavy atom. The number of benzene rings is 1. The second kappa shape index (κ2) is 15.1. The third-order valence-electron chi connectivity index (χ3n) is 5.05. The molecular weight excluding hydrogens is 649 g/mol. The number of aryl methyl sites for hydroxylation is 1. The molecule has 2 aromatic heterocycles. The predicted molar refractivity (Wildman–Crippen MR) is 143 cm³/mol. The van der Waals surface area contributed by atoms with Crippen molar-refractivity contribution in [1.82, 2.24) is 15.0 Å². The zero-order chi connectivity index (χ0) is 35.7. The van der Waals surface area contributed by atoms with Crippen molar-refractivity contribution in [2.45, 2.75) is 44.8 Å². The van der Waals surface area contributed by atoms with Crippen LogP contribution in [-0.2, 0) is 15.8 Å². The number of anilines is 3. The third-order valence-corrected chi connectivity index (χ3v) is 5.05. The lowest BCUT2D eigenvalue weighted by atomic mass is 10.0.